The van der Waals surface area contributed by atoms with Gasteiger partial charge in [0.2, 0.25) is 0 Å². The first-order valence-corrected chi connectivity index (χ1v) is 10.6. The summed E-state index contributed by atoms with van der Waals surface area (Å²) >= 11 is 0. The minimum Gasteiger partial charge on any atom is -0.468 e. The van der Waals surface area contributed by atoms with Gasteiger partial charge >= 0.3 is 13.5 Å². The van der Waals surface area contributed by atoms with Crippen molar-refractivity contribution in [1.29, 1.82) is 0 Å². The van der Waals surface area contributed by atoms with Crippen molar-refractivity contribution in [3.63, 3.8) is 0 Å². The highest BCUT2D eigenvalue weighted by atomic mass is 31.2. The summed E-state index contributed by atoms with van der Waals surface area (Å²) in [7, 11) is -2.05. The molecule has 0 aliphatic heterocycles. The standard InChI is InChI=1S/C19H30NO4P/c1-14(2)17-11-10-15(3)12-18(17)24-25(22,20-13-19(21)23-4)16-8-6-5-7-9-16/h5-9,14-15,17-18H,10-13H2,1-4H3,(H,20,22)/t15-,17+,18-,25-/m1/s1. The number of carbonyl (C=O) groups excluding carboxylic acids is 1. The van der Waals surface area contributed by atoms with Gasteiger partial charge in [-0.05, 0) is 42.7 Å². The van der Waals surface area contributed by atoms with Crippen molar-refractivity contribution in [1.82, 2.24) is 5.09 Å². The zero-order chi connectivity index (χ0) is 18.4. The fraction of sp³-hybridized carbons (Fsp3) is 0.632. The first-order chi connectivity index (χ1) is 11.9. The van der Waals surface area contributed by atoms with E-state index >= 15 is 0 Å². The van der Waals surface area contributed by atoms with E-state index in [1.54, 1.807) is 12.1 Å². The van der Waals surface area contributed by atoms with E-state index in [-0.39, 0.29) is 12.6 Å². The number of esters is 1. The number of methoxy groups -OCH3 is 1. The highest BCUT2D eigenvalue weighted by molar-refractivity contribution is 7.65. The molecule has 25 heavy (non-hydrogen) atoms. The number of benzene rings is 1. The number of carbonyl (C=O) groups is 1. The second-order valence-electron chi connectivity index (χ2n) is 7.27. The fourth-order valence-corrected chi connectivity index (χ4v) is 5.39. The summed E-state index contributed by atoms with van der Waals surface area (Å²) in [5.41, 5.74) is 0. The average Bonchev–Trinajstić information content (AvgIpc) is 2.60. The fourth-order valence-electron chi connectivity index (χ4n) is 3.48. The maximum Gasteiger partial charge on any atom is 0.320 e. The summed E-state index contributed by atoms with van der Waals surface area (Å²) in [6.45, 7) is 6.44. The Balaban J connectivity index is 2.25. The van der Waals surface area contributed by atoms with Crippen LogP contribution in [0.25, 0.3) is 0 Å². The second-order valence-corrected chi connectivity index (χ2v) is 9.41. The molecule has 0 unspecified atom stereocenters. The molecule has 0 heterocycles. The largest absolute Gasteiger partial charge is 0.468 e. The molecule has 1 aliphatic rings. The van der Waals surface area contributed by atoms with E-state index in [1.165, 1.54) is 13.5 Å². The molecule has 1 aromatic carbocycles. The quantitative estimate of drug-likeness (QED) is 0.587. The molecule has 1 fully saturated rings. The van der Waals surface area contributed by atoms with E-state index in [2.05, 4.69) is 30.6 Å². The molecule has 0 aromatic heterocycles. The number of rotatable bonds is 7. The van der Waals surface area contributed by atoms with Crippen LogP contribution in [0.2, 0.25) is 0 Å². The Hall–Kier alpha value is -1.16. The molecule has 1 N–H and O–H groups in total. The Kier molecular flexibility index (Phi) is 7.24. The summed E-state index contributed by atoms with van der Waals surface area (Å²) < 4.78 is 24.5. The Bertz CT molecular complexity index is 605. The molecular weight excluding hydrogens is 337 g/mol. The van der Waals surface area contributed by atoms with E-state index in [0.717, 1.165) is 12.8 Å². The van der Waals surface area contributed by atoms with Gasteiger partial charge in [0.05, 0.1) is 18.5 Å². The molecule has 5 nitrogen and oxygen atoms in total. The van der Waals surface area contributed by atoms with Crippen molar-refractivity contribution in [2.75, 3.05) is 13.7 Å². The molecule has 140 valence electrons. The molecule has 1 saturated carbocycles. The Morgan fingerprint density at radius 2 is 1.96 bits per heavy atom. The lowest BCUT2D eigenvalue weighted by Gasteiger charge is -2.38. The van der Waals surface area contributed by atoms with Crippen molar-refractivity contribution in [3.8, 4) is 0 Å². The van der Waals surface area contributed by atoms with Crippen molar-refractivity contribution in [2.24, 2.45) is 17.8 Å². The third-order valence-corrected chi connectivity index (χ3v) is 7.12. The normalized spacial score (nSPS) is 26.2. The van der Waals surface area contributed by atoms with Crippen molar-refractivity contribution >= 4 is 18.8 Å². The van der Waals surface area contributed by atoms with Gasteiger partial charge in [-0.3, -0.25) is 9.36 Å². The summed E-state index contributed by atoms with van der Waals surface area (Å²) in [5.74, 6) is 0.914. The molecule has 0 amide bonds. The van der Waals surface area contributed by atoms with Gasteiger partial charge in [-0.25, -0.2) is 5.09 Å². The number of nitrogens with one attached hydrogen (secondary N) is 1. The zero-order valence-corrected chi connectivity index (χ0v) is 16.5. The van der Waals surface area contributed by atoms with Crippen LogP contribution in [0.5, 0.6) is 0 Å². The predicted octanol–water partition coefficient (Wildman–Crippen LogP) is 3.75. The molecular formula is C19H30NO4P. The monoisotopic (exact) mass is 367 g/mol. The zero-order valence-electron chi connectivity index (χ0n) is 15.6. The van der Waals surface area contributed by atoms with Crippen LogP contribution in [-0.2, 0) is 18.6 Å². The van der Waals surface area contributed by atoms with Crippen molar-refractivity contribution in [2.45, 2.75) is 46.1 Å². The molecule has 0 spiro atoms. The van der Waals surface area contributed by atoms with Gasteiger partial charge in [0.25, 0.3) is 0 Å². The maximum absolute atomic E-state index is 13.6. The average molecular weight is 367 g/mol. The van der Waals surface area contributed by atoms with Gasteiger partial charge in [-0.15, -0.1) is 0 Å². The lowest BCUT2D eigenvalue weighted by Crippen LogP contribution is -2.37. The predicted molar refractivity (Wildman–Crippen MR) is 99.9 cm³/mol. The highest BCUT2D eigenvalue weighted by Gasteiger charge is 2.38. The summed E-state index contributed by atoms with van der Waals surface area (Å²) in [6.07, 6.45) is 3.06. The topological polar surface area (TPSA) is 64.6 Å². The number of ether oxygens (including phenoxy) is 1. The number of hydrogen-bond acceptors (Lipinski definition) is 4. The van der Waals surface area contributed by atoms with Gasteiger partial charge in [-0.1, -0.05) is 45.4 Å². The van der Waals surface area contributed by atoms with Crippen LogP contribution >= 0.6 is 7.52 Å². The van der Waals surface area contributed by atoms with E-state index in [0.29, 0.717) is 23.1 Å². The van der Waals surface area contributed by atoms with Crippen LogP contribution in [0, 0.1) is 17.8 Å². The van der Waals surface area contributed by atoms with E-state index in [9.17, 15) is 9.36 Å². The van der Waals surface area contributed by atoms with Crippen LogP contribution in [0.15, 0.2) is 30.3 Å². The highest BCUT2D eigenvalue weighted by Crippen LogP contribution is 2.48. The van der Waals surface area contributed by atoms with E-state index in [1.807, 2.05) is 18.2 Å². The Morgan fingerprint density at radius 1 is 1.28 bits per heavy atom. The number of hydrogen-bond donors (Lipinski definition) is 1. The van der Waals surface area contributed by atoms with Crippen LogP contribution in [0.4, 0.5) is 0 Å². The van der Waals surface area contributed by atoms with Crippen LogP contribution < -0.4 is 10.4 Å². The molecule has 2 rings (SSSR count). The molecule has 0 saturated heterocycles. The minimum atomic E-state index is -3.36. The first kappa shape index (κ1) is 20.2. The molecule has 0 radical (unpaired) electrons. The lowest BCUT2D eigenvalue weighted by molar-refractivity contribution is -0.139. The van der Waals surface area contributed by atoms with Crippen LogP contribution in [0.3, 0.4) is 0 Å². The summed E-state index contributed by atoms with van der Waals surface area (Å²) in [4.78, 5) is 11.5. The van der Waals surface area contributed by atoms with Gasteiger partial charge in [-0.2, -0.15) is 0 Å². The van der Waals surface area contributed by atoms with Crippen molar-refractivity contribution in [3.05, 3.63) is 30.3 Å². The van der Waals surface area contributed by atoms with Crippen LogP contribution in [-0.4, -0.2) is 25.7 Å². The minimum absolute atomic E-state index is 0.0834. The molecule has 1 aliphatic carbocycles. The Morgan fingerprint density at radius 3 is 2.56 bits per heavy atom. The van der Waals surface area contributed by atoms with Gasteiger partial charge in [0, 0.05) is 0 Å². The molecule has 1 aromatic rings. The van der Waals surface area contributed by atoms with Gasteiger partial charge in [0.1, 0.15) is 6.54 Å². The maximum atomic E-state index is 13.6. The smallest absolute Gasteiger partial charge is 0.320 e. The second kappa shape index (κ2) is 8.98. The molecule has 6 heteroatoms. The third kappa shape index (κ3) is 5.40. The van der Waals surface area contributed by atoms with Crippen molar-refractivity contribution < 1.29 is 18.6 Å². The van der Waals surface area contributed by atoms with E-state index < -0.39 is 13.5 Å². The van der Waals surface area contributed by atoms with Gasteiger partial charge in [0.15, 0.2) is 0 Å². The first-order valence-electron chi connectivity index (χ1n) is 9.01. The van der Waals surface area contributed by atoms with Gasteiger partial charge < -0.3 is 9.26 Å². The van der Waals surface area contributed by atoms with Crippen LogP contribution in [0.1, 0.15) is 40.0 Å². The molecule has 0 bridgehead atoms. The Labute approximate surface area is 151 Å². The lowest BCUT2D eigenvalue weighted by atomic mass is 9.75. The SMILES string of the molecule is COC(=O)CN[P@](=O)(O[C@@H]1C[C@H](C)CC[C@H]1C(C)C)c1ccccc1. The van der Waals surface area contributed by atoms with E-state index in [4.69, 9.17) is 4.52 Å². The summed E-state index contributed by atoms with van der Waals surface area (Å²) in [6, 6.07) is 9.08. The summed E-state index contributed by atoms with van der Waals surface area (Å²) in [5, 5.41) is 3.43. The third-order valence-electron chi connectivity index (χ3n) is 5.00. The molecule has 4 atom stereocenters.